The summed E-state index contributed by atoms with van der Waals surface area (Å²) in [5.41, 5.74) is 2.46. The SMILES string of the molecule is C=N/C=C\C(=C/C)Oc1ccc(Nc2nn(C(=C)O)c(N=C(C)C)c2C)cc1. The molecular formula is C21H25N5O2. The molecule has 1 aromatic carbocycles. The molecule has 0 spiro atoms. The van der Waals surface area contributed by atoms with Gasteiger partial charge in [0.2, 0.25) is 5.88 Å². The van der Waals surface area contributed by atoms with Crippen LogP contribution in [0.15, 0.2) is 64.9 Å². The van der Waals surface area contributed by atoms with E-state index < -0.39 is 0 Å². The Hall–Kier alpha value is -3.61. The third kappa shape index (κ3) is 5.20. The van der Waals surface area contributed by atoms with Crippen LogP contribution in [0.25, 0.3) is 5.88 Å². The molecular weight excluding hydrogens is 354 g/mol. The maximum Gasteiger partial charge on any atom is 0.206 e. The number of hydrogen-bond acceptors (Lipinski definition) is 6. The first kappa shape index (κ1) is 20.7. The predicted molar refractivity (Wildman–Crippen MR) is 116 cm³/mol. The molecule has 0 aliphatic rings. The van der Waals surface area contributed by atoms with Gasteiger partial charge in [0.15, 0.2) is 11.6 Å². The lowest BCUT2D eigenvalue weighted by atomic mass is 10.2. The third-order valence-electron chi connectivity index (χ3n) is 3.65. The Bertz CT molecular complexity index is 946. The molecule has 1 aromatic heterocycles. The Morgan fingerprint density at radius 3 is 2.50 bits per heavy atom. The maximum atomic E-state index is 9.80. The molecule has 0 aliphatic carbocycles. The number of ether oxygens (including phenoxy) is 1. The maximum absolute atomic E-state index is 9.80. The lowest BCUT2D eigenvalue weighted by Gasteiger charge is -2.08. The Kier molecular flexibility index (Phi) is 6.92. The van der Waals surface area contributed by atoms with Gasteiger partial charge in [-0.1, -0.05) is 0 Å². The number of benzene rings is 1. The van der Waals surface area contributed by atoms with Gasteiger partial charge in [0.1, 0.15) is 11.5 Å². The smallest absolute Gasteiger partial charge is 0.206 e. The van der Waals surface area contributed by atoms with Gasteiger partial charge in [0.25, 0.3) is 0 Å². The second-order valence-electron chi connectivity index (χ2n) is 6.13. The van der Waals surface area contributed by atoms with Crippen LogP contribution in [-0.4, -0.2) is 27.3 Å². The van der Waals surface area contributed by atoms with Crippen molar-refractivity contribution in [3.8, 4) is 5.75 Å². The summed E-state index contributed by atoms with van der Waals surface area (Å²) >= 11 is 0. The molecule has 0 bridgehead atoms. The van der Waals surface area contributed by atoms with Crippen molar-refractivity contribution >= 4 is 35.6 Å². The number of nitrogens with one attached hydrogen (secondary N) is 1. The average Bonchev–Trinajstić information content (AvgIpc) is 2.96. The van der Waals surface area contributed by atoms with Gasteiger partial charge in [-0.25, -0.2) is 4.99 Å². The highest BCUT2D eigenvalue weighted by atomic mass is 16.5. The molecule has 146 valence electrons. The Morgan fingerprint density at radius 1 is 1.29 bits per heavy atom. The van der Waals surface area contributed by atoms with Crippen LogP contribution in [0.3, 0.4) is 0 Å². The van der Waals surface area contributed by atoms with Crippen molar-refractivity contribution in [3.63, 3.8) is 0 Å². The second kappa shape index (κ2) is 9.36. The number of nitrogens with zero attached hydrogens (tertiary/aromatic N) is 4. The Balaban J connectivity index is 2.23. The van der Waals surface area contributed by atoms with E-state index in [1.165, 1.54) is 4.68 Å². The van der Waals surface area contributed by atoms with E-state index in [4.69, 9.17) is 4.74 Å². The van der Waals surface area contributed by atoms with Crippen molar-refractivity contribution in [1.82, 2.24) is 9.78 Å². The summed E-state index contributed by atoms with van der Waals surface area (Å²) < 4.78 is 7.08. The van der Waals surface area contributed by atoms with E-state index in [9.17, 15) is 5.11 Å². The molecule has 0 atom stereocenters. The van der Waals surface area contributed by atoms with E-state index in [2.05, 4.69) is 33.7 Å². The van der Waals surface area contributed by atoms with Gasteiger partial charge in [-0.3, -0.25) is 4.99 Å². The summed E-state index contributed by atoms with van der Waals surface area (Å²) in [4.78, 5) is 8.10. The number of rotatable bonds is 8. The normalized spacial score (nSPS) is 11.4. The summed E-state index contributed by atoms with van der Waals surface area (Å²) in [6.45, 7) is 14.5. The molecule has 0 fully saturated rings. The largest absolute Gasteiger partial charge is 0.494 e. The fourth-order valence-electron chi connectivity index (χ4n) is 2.32. The highest BCUT2D eigenvalue weighted by Gasteiger charge is 2.16. The Morgan fingerprint density at radius 2 is 1.96 bits per heavy atom. The van der Waals surface area contributed by atoms with Crippen LogP contribution in [0.1, 0.15) is 26.3 Å². The zero-order valence-electron chi connectivity index (χ0n) is 16.6. The van der Waals surface area contributed by atoms with Crippen LogP contribution in [0.5, 0.6) is 5.75 Å². The van der Waals surface area contributed by atoms with Crippen LogP contribution in [0.2, 0.25) is 0 Å². The lowest BCUT2D eigenvalue weighted by Crippen LogP contribution is -1.99. The van der Waals surface area contributed by atoms with E-state index in [1.807, 2.05) is 58.0 Å². The number of aliphatic imine (C=N–C) groups is 2. The molecule has 0 aliphatic heterocycles. The van der Waals surface area contributed by atoms with Crippen LogP contribution < -0.4 is 10.1 Å². The molecule has 1 heterocycles. The van der Waals surface area contributed by atoms with Crippen molar-refractivity contribution in [1.29, 1.82) is 0 Å². The number of aromatic nitrogens is 2. The molecule has 0 unspecified atom stereocenters. The molecule has 0 saturated heterocycles. The average molecular weight is 379 g/mol. The van der Waals surface area contributed by atoms with Gasteiger partial charge in [0.05, 0.1) is 0 Å². The van der Waals surface area contributed by atoms with Crippen LogP contribution in [0.4, 0.5) is 17.3 Å². The Labute approximate surface area is 165 Å². The van der Waals surface area contributed by atoms with Gasteiger partial charge in [-0.15, -0.1) is 5.10 Å². The lowest BCUT2D eigenvalue weighted by molar-refractivity contribution is 0.443. The first-order valence-corrected chi connectivity index (χ1v) is 8.69. The van der Waals surface area contributed by atoms with Gasteiger partial charge in [0, 0.05) is 23.2 Å². The first-order valence-electron chi connectivity index (χ1n) is 8.69. The zero-order chi connectivity index (χ0) is 20.7. The third-order valence-corrected chi connectivity index (χ3v) is 3.65. The quantitative estimate of drug-likeness (QED) is 0.359. The number of hydrogen-bond donors (Lipinski definition) is 2. The molecule has 2 aromatic rings. The zero-order valence-corrected chi connectivity index (χ0v) is 16.6. The minimum absolute atomic E-state index is 0.194. The number of anilines is 2. The summed E-state index contributed by atoms with van der Waals surface area (Å²) in [5, 5.41) is 17.4. The monoisotopic (exact) mass is 379 g/mol. The van der Waals surface area contributed by atoms with Crippen LogP contribution in [0, 0.1) is 6.92 Å². The minimum Gasteiger partial charge on any atom is -0.494 e. The van der Waals surface area contributed by atoms with E-state index in [1.54, 1.807) is 12.3 Å². The predicted octanol–water partition coefficient (Wildman–Crippen LogP) is 5.53. The van der Waals surface area contributed by atoms with Crippen LogP contribution >= 0.6 is 0 Å². The standard InChI is InChI=1S/C21H25N5O2/c1-7-18(12-13-22-6)28-19-10-8-17(9-11-19)24-20-15(4)21(23-14(2)3)26(25-20)16(5)27/h7-13,27H,5-6H2,1-4H3,(H,24,25)/b13-12-,18-7+. The molecule has 0 amide bonds. The molecule has 0 saturated carbocycles. The van der Waals surface area contributed by atoms with E-state index in [0.29, 0.717) is 23.1 Å². The highest BCUT2D eigenvalue weighted by molar-refractivity contribution is 5.83. The van der Waals surface area contributed by atoms with Gasteiger partial charge >= 0.3 is 0 Å². The summed E-state index contributed by atoms with van der Waals surface area (Å²) in [5.74, 6) is 2.28. The summed E-state index contributed by atoms with van der Waals surface area (Å²) in [6.07, 6.45) is 5.13. The number of aliphatic hydroxyl groups is 1. The van der Waals surface area contributed by atoms with Gasteiger partial charge in [-0.2, -0.15) is 4.68 Å². The van der Waals surface area contributed by atoms with E-state index in [0.717, 1.165) is 17.0 Å². The highest BCUT2D eigenvalue weighted by Crippen LogP contribution is 2.30. The molecule has 7 heteroatoms. The molecule has 0 radical (unpaired) electrons. The van der Waals surface area contributed by atoms with Crippen molar-refractivity contribution in [2.75, 3.05) is 5.32 Å². The van der Waals surface area contributed by atoms with Gasteiger partial charge in [-0.05, 0) is 77.4 Å². The first-order chi connectivity index (χ1) is 13.3. The van der Waals surface area contributed by atoms with Crippen LogP contribution in [-0.2, 0) is 0 Å². The number of aliphatic hydroxyl groups excluding tert-OH is 1. The fourth-order valence-corrected chi connectivity index (χ4v) is 2.32. The van der Waals surface area contributed by atoms with Crippen molar-refractivity contribution < 1.29 is 9.84 Å². The fraction of sp³-hybridized carbons (Fsp3) is 0.190. The van der Waals surface area contributed by atoms with E-state index in [-0.39, 0.29) is 5.88 Å². The van der Waals surface area contributed by atoms with Gasteiger partial charge < -0.3 is 15.2 Å². The molecule has 2 N–H and O–H groups in total. The minimum atomic E-state index is -0.194. The second-order valence-corrected chi connectivity index (χ2v) is 6.13. The summed E-state index contributed by atoms with van der Waals surface area (Å²) in [6, 6.07) is 7.43. The molecule has 2 rings (SSSR count). The number of allylic oxidation sites excluding steroid dienone is 2. The van der Waals surface area contributed by atoms with Crippen molar-refractivity contribution in [3.05, 3.63) is 60.5 Å². The van der Waals surface area contributed by atoms with Crippen molar-refractivity contribution in [2.45, 2.75) is 27.7 Å². The summed E-state index contributed by atoms with van der Waals surface area (Å²) in [7, 11) is 0. The topological polar surface area (TPSA) is 84.0 Å². The molecule has 28 heavy (non-hydrogen) atoms. The molecule has 7 nitrogen and oxygen atoms in total. The van der Waals surface area contributed by atoms with Crippen molar-refractivity contribution in [2.24, 2.45) is 9.98 Å². The van der Waals surface area contributed by atoms with E-state index >= 15 is 0 Å².